The Balaban J connectivity index is 1.46. The number of nitrogens with one attached hydrogen (secondary N) is 3. The number of aromatic amines is 1. The number of fused-ring (bicyclic) bond motifs is 2. The molecule has 2 aromatic carbocycles. The number of imidazole rings is 1. The van der Waals surface area contributed by atoms with Crippen molar-refractivity contribution in [2.24, 2.45) is 0 Å². The highest BCUT2D eigenvalue weighted by Gasteiger charge is 2.30. The summed E-state index contributed by atoms with van der Waals surface area (Å²) in [7, 11) is 0. The second-order valence-corrected chi connectivity index (χ2v) is 9.07. The molecule has 150 valence electrons. The van der Waals surface area contributed by atoms with Crippen LogP contribution in [0.5, 0.6) is 0 Å². The van der Waals surface area contributed by atoms with Gasteiger partial charge in [-0.2, -0.15) is 11.8 Å². The zero-order chi connectivity index (χ0) is 20.2. The third-order valence-electron chi connectivity index (χ3n) is 4.76. The zero-order valence-electron chi connectivity index (χ0n) is 16.0. The molecule has 0 saturated heterocycles. The average molecular weight is 427 g/mol. The first-order chi connectivity index (χ1) is 14.1. The van der Waals surface area contributed by atoms with Crippen LogP contribution in [-0.4, -0.2) is 39.0 Å². The molecule has 1 aliphatic rings. The quantitative estimate of drug-likeness (QED) is 0.532. The van der Waals surface area contributed by atoms with E-state index in [4.69, 9.17) is 0 Å². The maximum absolute atomic E-state index is 12.8. The predicted octanol–water partition coefficient (Wildman–Crippen LogP) is 3.98. The van der Waals surface area contributed by atoms with Crippen LogP contribution >= 0.6 is 23.5 Å². The summed E-state index contributed by atoms with van der Waals surface area (Å²) < 4.78 is 0. The summed E-state index contributed by atoms with van der Waals surface area (Å²) in [6.45, 7) is 0. The van der Waals surface area contributed by atoms with Crippen LogP contribution in [0.3, 0.4) is 0 Å². The second kappa shape index (κ2) is 8.92. The largest absolute Gasteiger partial charge is 0.346 e. The van der Waals surface area contributed by atoms with Gasteiger partial charge in [0.1, 0.15) is 5.82 Å². The molecule has 2 atom stereocenters. The monoisotopic (exact) mass is 426 g/mol. The lowest BCUT2D eigenvalue weighted by Gasteiger charge is -2.24. The molecule has 29 heavy (non-hydrogen) atoms. The van der Waals surface area contributed by atoms with Gasteiger partial charge >= 0.3 is 0 Å². The molecule has 2 heterocycles. The molecule has 2 amide bonds. The molecule has 0 unspecified atom stereocenters. The summed E-state index contributed by atoms with van der Waals surface area (Å²) in [5, 5.41) is 5.53. The standard InChI is InChI=1S/C21H22N4O2S2/c1-28-11-10-16(20-23-13-6-2-3-7-14(13)24-20)22-19(26)12-18-21(27)25-15-8-4-5-9-17(15)29-18/h2-9,16,18H,10-12H2,1H3,(H,22,26)(H,23,24)(H,25,27)/t16-,18-/m0/s1. The van der Waals surface area contributed by atoms with Crippen molar-refractivity contribution < 1.29 is 9.59 Å². The van der Waals surface area contributed by atoms with E-state index in [0.29, 0.717) is 0 Å². The van der Waals surface area contributed by atoms with Crippen molar-refractivity contribution in [3.8, 4) is 0 Å². The molecular formula is C21H22N4O2S2. The van der Waals surface area contributed by atoms with E-state index in [1.165, 1.54) is 11.8 Å². The van der Waals surface area contributed by atoms with Crippen molar-refractivity contribution in [1.29, 1.82) is 0 Å². The molecule has 1 aliphatic heterocycles. The van der Waals surface area contributed by atoms with E-state index in [1.807, 2.05) is 54.8 Å². The third-order valence-corrected chi connectivity index (χ3v) is 6.68. The number of thioether (sulfide) groups is 2. The van der Waals surface area contributed by atoms with Crippen molar-refractivity contribution in [3.05, 3.63) is 54.4 Å². The molecule has 8 heteroatoms. The summed E-state index contributed by atoms with van der Waals surface area (Å²) in [5.41, 5.74) is 2.63. The van der Waals surface area contributed by atoms with Crippen LogP contribution in [0.2, 0.25) is 0 Å². The predicted molar refractivity (Wildman–Crippen MR) is 119 cm³/mol. The first-order valence-electron chi connectivity index (χ1n) is 9.43. The molecule has 0 bridgehead atoms. The number of anilines is 1. The normalized spacial score (nSPS) is 16.9. The van der Waals surface area contributed by atoms with Crippen molar-refractivity contribution in [2.45, 2.75) is 29.0 Å². The molecule has 0 spiro atoms. The Labute approximate surface area is 177 Å². The fourth-order valence-corrected chi connectivity index (χ4v) is 4.88. The summed E-state index contributed by atoms with van der Waals surface area (Å²) in [6.07, 6.45) is 2.93. The minimum absolute atomic E-state index is 0.126. The van der Waals surface area contributed by atoms with E-state index in [-0.39, 0.29) is 24.3 Å². The van der Waals surface area contributed by atoms with Crippen LogP contribution in [0.25, 0.3) is 11.0 Å². The summed E-state index contributed by atoms with van der Waals surface area (Å²) in [6, 6.07) is 15.2. The molecule has 0 saturated carbocycles. The molecular weight excluding hydrogens is 404 g/mol. The Bertz CT molecular complexity index is 1000. The lowest BCUT2D eigenvalue weighted by molar-refractivity contribution is -0.124. The van der Waals surface area contributed by atoms with E-state index in [1.54, 1.807) is 11.8 Å². The molecule has 6 nitrogen and oxygen atoms in total. The highest BCUT2D eigenvalue weighted by atomic mass is 32.2. The van der Waals surface area contributed by atoms with Crippen LogP contribution in [0.1, 0.15) is 24.7 Å². The van der Waals surface area contributed by atoms with Gasteiger partial charge < -0.3 is 15.6 Å². The maximum atomic E-state index is 12.8. The minimum Gasteiger partial charge on any atom is -0.346 e. The molecule has 1 aromatic heterocycles. The van der Waals surface area contributed by atoms with E-state index in [0.717, 1.165) is 39.6 Å². The van der Waals surface area contributed by atoms with Gasteiger partial charge in [0.15, 0.2) is 0 Å². The number of H-pyrrole nitrogens is 1. The molecule has 3 N–H and O–H groups in total. The van der Waals surface area contributed by atoms with Gasteiger partial charge in [-0.15, -0.1) is 11.8 Å². The van der Waals surface area contributed by atoms with Gasteiger partial charge in [0.2, 0.25) is 11.8 Å². The average Bonchev–Trinajstić information content (AvgIpc) is 3.16. The Kier molecular flexibility index (Phi) is 6.10. The fourth-order valence-electron chi connectivity index (χ4n) is 3.30. The smallest absolute Gasteiger partial charge is 0.238 e. The number of hydrogen-bond acceptors (Lipinski definition) is 5. The van der Waals surface area contributed by atoms with Crippen LogP contribution < -0.4 is 10.6 Å². The molecule has 0 aliphatic carbocycles. The van der Waals surface area contributed by atoms with Crippen LogP contribution in [0, 0.1) is 0 Å². The van der Waals surface area contributed by atoms with E-state index < -0.39 is 5.25 Å². The van der Waals surface area contributed by atoms with Gasteiger partial charge in [-0.3, -0.25) is 9.59 Å². The van der Waals surface area contributed by atoms with E-state index in [9.17, 15) is 9.59 Å². The Hall–Kier alpha value is -2.45. The highest BCUT2D eigenvalue weighted by Crippen LogP contribution is 2.36. The molecule has 4 rings (SSSR count). The number of amides is 2. The Morgan fingerprint density at radius 2 is 2.03 bits per heavy atom. The fraction of sp³-hybridized carbons (Fsp3) is 0.286. The maximum Gasteiger partial charge on any atom is 0.238 e. The van der Waals surface area contributed by atoms with Gasteiger partial charge in [0.25, 0.3) is 0 Å². The minimum atomic E-state index is -0.443. The number of carbonyl (C=O) groups excluding carboxylic acids is 2. The number of aromatic nitrogens is 2. The number of benzene rings is 2. The number of rotatable bonds is 7. The Morgan fingerprint density at radius 3 is 2.86 bits per heavy atom. The van der Waals surface area contributed by atoms with Crippen molar-refractivity contribution in [2.75, 3.05) is 17.3 Å². The SMILES string of the molecule is CSCC[C@H](NC(=O)C[C@@H]1Sc2ccccc2NC1=O)c1nc2ccccc2[nH]1. The second-order valence-electron chi connectivity index (χ2n) is 6.84. The van der Waals surface area contributed by atoms with Crippen LogP contribution in [0.15, 0.2) is 53.4 Å². The first-order valence-corrected chi connectivity index (χ1v) is 11.7. The molecule has 0 fully saturated rings. The van der Waals surface area contributed by atoms with Gasteiger partial charge in [-0.25, -0.2) is 4.98 Å². The molecule has 0 radical (unpaired) electrons. The van der Waals surface area contributed by atoms with E-state index in [2.05, 4.69) is 20.6 Å². The first kappa shape index (κ1) is 19.8. The van der Waals surface area contributed by atoms with Crippen LogP contribution in [-0.2, 0) is 9.59 Å². The van der Waals surface area contributed by atoms with Gasteiger partial charge in [0.05, 0.1) is 28.0 Å². The van der Waals surface area contributed by atoms with Crippen molar-refractivity contribution in [1.82, 2.24) is 15.3 Å². The topological polar surface area (TPSA) is 86.9 Å². The number of para-hydroxylation sites is 3. The lowest BCUT2D eigenvalue weighted by atomic mass is 10.2. The highest BCUT2D eigenvalue weighted by molar-refractivity contribution is 8.01. The van der Waals surface area contributed by atoms with Gasteiger partial charge in [0, 0.05) is 11.3 Å². The van der Waals surface area contributed by atoms with Gasteiger partial charge in [-0.05, 0) is 42.7 Å². The summed E-state index contributed by atoms with van der Waals surface area (Å²) in [4.78, 5) is 34.1. The Morgan fingerprint density at radius 1 is 1.24 bits per heavy atom. The zero-order valence-corrected chi connectivity index (χ0v) is 17.6. The van der Waals surface area contributed by atoms with E-state index >= 15 is 0 Å². The van der Waals surface area contributed by atoms with Gasteiger partial charge in [-0.1, -0.05) is 24.3 Å². The third kappa shape index (κ3) is 4.59. The summed E-state index contributed by atoms with van der Waals surface area (Å²) in [5.74, 6) is 1.37. The number of nitrogens with zero attached hydrogens (tertiary/aromatic N) is 1. The number of carbonyl (C=O) groups is 2. The summed E-state index contributed by atoms with van der Waals surface area (Å²) >= 11 is 3.16. The van der Waals surface area contributed by atoms with Crippen molar-refractivity contribution in [3.63, 3.8) is 0 Å². The van der Waals surface area contributed by atoms with Crippen molar-refractivity contribution >= 4 is 52.1 Å². The number of hydrogen-bond donors (Lipinski definition) is 3. The lowest BCUT2D eigenvalue weighted by Crippen LogP contribution is -2.36. The van der Waals surface area contributed by atoms with Crippen LogP contribution in [0.4, 0.5) is 5.69 Å². The molecule has 3 aromatic rings.